The number of aromatic nitrogens is 1. The molecule has 2 atom stereocenters. The largest absolute Gasteiger partial charge is 0.388 e. The highest BCUT2D eigenvalue weighted by Crippen LogP contribution is 2.34. The van der Waals surface area contributed by atoms with Crippen molar-refractivity contribution in [2.24, 2.45) is 5.92 Å². The summed E-state index contributed by atoms with van der Waals surface area (Å²) in [4.78, 5) is 13.0. The molecule has 0 unspecified atom stereocenters. The van der Waals surface area contributed by atoms with Gasteiger partial charge in [-0.15, -0.1) is 0 Å². The maximum atomic E-state index is 13.0. The fourth-order valence-corrected chi connectivity index (χ4v) is 4.55. The van der Waals surface area contributed by atoms with Crippen LogP contribution in [0.1, 0.15) is 62.0 Å². The van der Waals surface area contributed by atoms with Crippen LogP contribution in [0.15, 0.2) is 24.4 Å². The summed E-state index contributed by atoms with van der Waals surface area (Å²) in [6.07, 6.45) is 7.34. The number of fused-ring (bicyclic) bond motifs is 1. The number of pyridine rings is 1. The number of nitrogens with one attached hydrogen (secondary N) is 1. The van der Waals surface area contributed by atoms with Gasteiger partial charge in [0, 0.05) is 31.5 Å². The summed E-state index contributed by atoms with van der Waals surface area (Å²) in [6.45, 7) is 5.65. The highest BCUT2D eigenvalue weighted by Gasteiger charge is 2.34. The van der Waals surface area contributed by atoms with Gasteiger partial charge in [0.1, 0.15) is 0 Å². The van der Waals surface area contributed by atoms with E-state index in [4.69, 9.17) is 16.3 Å². The quantitative estimate of drug-likeness (QED) is 0.645. The van der Waals surface area contributed by atoms with Crippen molar-refractivity contribution in [2.45, 2.75) is 58.0 Å². The summed E-state index contributed by atoms with van der Waals surface area (Å²) in [7, 11) is 0. The summed E-state index contributed by atoms with van der Waals surface area (Å²) in [6, 6.07) is 5.55. The van der Waals surface area contributed by atoms with Crippen LogP contribution in [-0.2, 0) is 11.2 Å². The van der Waals surface area contributed by atoms with Crippen LogP contribution < -0.4 is 5.32 Å². The Labute approximate surface area is 172 Å². The lowest BCUT2D eigenvalue weighted by Gasteiger charge is -2.36. The van der Waals surface area contributed by atoms with Gasteiger partial charge in [-0.2, -0.15) is 0 Å². The second kappa shape index (κ2) is 9.29. The molecule has 0 spiro atoms. The third-order valence-electron chi connectivity index (χ3n) is 5.85. The minimum Gasteiger partial charge on any atom is -0.388 e. The Morgan fingerprint density at radius 2 is 2.29 bits per heavy atom. The molecular formula is C22H31ClN2O3. The van der Waals surface area contributed by atoms with E-state index in [1.165, 1.54) is 0 Å². The highest BCUT2D eigenvalue weighted by atomic mass is 35.5. The van der Waals surface area contributed by atoms with E-state index in [1.54, 1.807) is 6.07 Å². The zero-order chi connectivity index (χ0) is 20.1. The number of rotatable bonds is 8. The van der Waals surface area contributed by atoms with Crippen molar-refractivity contribution in [3.05, 3.63) is 40.7 Å². The fourth-order valence-electron chi connectivity index (χ4n) is 4.28. The zero-order valence-electron chi connectivity index (χ0n) is 16.8. The van der Waals surface area contributed by atoms with Gasteiger partial charge >= 0.3 is 0 Å². The molecule has 0 aliphatic heterocycles. The van der Waals surface area contributed by atoms with E-state index in [1.807, 2.05) is 29.7 Å². The van der Waals surface area contributed by atoms with Crippen molar-refractivity contribution < 1.29 is 14.6 Å². The fraction of sp³-hybridized carbons (Fsp3) is 0.591. The summed E-state index contributed by atoms with van der Waals surface area (Å²) in [5.41, 5.74) is 1.42. The van der Waals surface area contributed by atoms with Crippen LogP contribution in [0.3, 0.4) is 0 Å². The Bertz CT molecular complexity index is 819. The van der Waals surface area contributed by atoms with E-state index < -0.39 is 5.60 Å². The molecule has 1 fully saturated rings. The number of hydrogen-bond donors (Lipinski definition) is 2. The highest BCUT2D eigenvalue weighted by molar-refractivity contribution is 6.34. The summed E-state index contributed by atoms with van der Waals surface area (Å²) < 4.78 is 7.42. The average Bonchev–Trinajstić information content (AvgIpc) is 3.07. The lowest BCUT2D eigenvalue weighted by atomic mass is 9.77. The molecule has 3 rings (SSSR count). The van der Waals surface area contributed by atoms with Crippen molar-refractivity contribution >= 4 is 23.0 Å². The average molecular weight is 407 g/mol. The van der Waals surface area contributed by atoms with Crippen molar-refractivity contribution in [3.8, 4) is 0 Å². The number of aliphatic hydroxyl groups is 1. The van der Waals surface area contributed by atoms with Gasteiger partial charge in [-0.05, 0) is 43.9 Å². The first-order valence-corrected chi connectivity index (χ1v) is 10.7. The lowest BCUT2D eigenvalue weighted by molar-refractivity contribution is -0.0146. The number of nitrogens with zero attached hydrogens (tertiary/aromatic N) is 1. The van der Waals surface area contributed by atoms with Crippen LogP contribution in [-0.4, -0.2) is 40.8 Å². The molecule has 1 aliphatic rings. The van der Waals surface area contributed by atoms with Gasteiger partial charge in [0.25, 0.3) is 5.91 Å². The molecule has 0 bridgehead atoms. The molecule has 1 saturated carbocycles. The SMILES string of the molecule is CCOCCc1cc(C(=O)NC[C@]2(O)CCC[C@H](CC)C2)c2c(Cl)cccn12. The maximum Gasteiger partial charge on any atom is 0.253 e. The first-order valence-electron chi connectivity index (χ1n) is 10.3. The van der Waals surface area contributed by atoms with Crippen LogP contribution in [0.2, 0.25) is 5.02 Å². The summed E-state index contributed by atoms with van der Waals surface area (Å²) in [5.74, 6) is 0.339. The number of carbonyl (C=O) groups excluding carboxylic acids is 1. The maximum absolute atomic E-state index is 13.0. The number of halogens is 1. The first-order chi connectivity index (χ1) is 13.5. The number of hydrogen-bond acceptors (Lipinski definition) is 3. The predicted octanol–water partition coefficient (Wildman–Crippen LogP) is 4.23. The van der Waals surface area contributed by atoms with E-state index in [0.717, 1.165) is 37.8 Å². The molecule has 1 amide bonds. The second-order valence-corrected chi connectivity index (χ2v) is 8.26. The van der Waals surface area contributed by atoms with E-state index in [9.17, 15) is 9.90 Å². The summed E-state index contributed by atoms with van der Waals surface area (Å²) >= 11 is 6.41. The molecule has 5 nitrogen and oxygen atoms in total. The first kappa shape index (κ1) is 21.2. The smallest absolute Gasteiger partial charge is 0.253 e. The molecule has 1 aliphatic carbocycles. The van der Waals surface area contributed by atoms with E-state index in [2.05, 4.69) is 12.2 Å². The van der Waals surface area contributed by atoms with Gasteiger partial charge < -0.3 is 19.6 Å². The van der Waals surface area contributed by atoms with Crippen molar-refractivity contribution in [3.63, 3.8) is 0 Å². The molecule has 2 aromatic rings. The van der Waals surface area contributed by atoms with Crippen molar-refractivity contribution in [1.82, 2.24) is 9.72 Å². The topological polar surface area (TPSA) is 63.0 Å². The molecule has 28 heavy (non-hydrogen) atoms. The van der Waals surface area contributed by atoms with E-state index in [0.29, 0.717) is 41.7 Å². The molecule has 2 N–H and O–H groups in total. The van der Waals surface area contributed by atoms with Gasteiger partial charge in [-0.25, -0.2) is 0 Å². The third kappa shape index (κ3) is 4.70. The Balaban J connectivity index is 1.77. The van der Waals surface area contributed by atoms with Gasteiger partial charge in [0.2, 0.25) is 0 Å². The molecule has 0 aromatic carbocycles. The van der Waals surface area contributed by atoms with Gasteiger partial charge in [0.15, 0.2) is 0 Å². The van der Waals surface area contributed by atoms with Gasteiger partial charge in [-0.1, -0.05) is 37.8 Å². The Morgan fingerprint density at radius 3 is 3.04 bits per heavy atom. The molecular weight excluding hydrogens is 376 g/mol. The molecule has 0 radical (unpaired) electrons. The Hall–Kier alpha value is -1.56. The van der Waals surface area contributed by atoms with E-state index >= 15 is 0 Å². The normalized spacial score (nSPS) is 22.5. The van der Waals surface area contributed by atoms with Crippen LogP contribution in [0.4, 0.5) is 0 Å². The monoisotopic (exact) mass is 406 g/mol. The van der Waals surface area contributed by atoms with Crippen LogP contribution in [0.5, 0.6) is 0 Å². The second-order valence-electron chi connectivity index (χ2n) is 7.85. The van der Waals surface area contributed by atoms with E-state index in [-0.39, 0.29) is 12.5 Å². The Kier molecular flexibility index (Phi) is 7.02. The summed E-state index contributed by atoms with van der Waals surface area (Å²) in [5, 5.41) is 14.4. The molecule has 6 heteroatoms. The van der Waals surface area contributed by atoms with Crippen molar-refractivity contribution in [2.75, 3.05) is 19.8 Å². The van der Waals surface area contributed by atoms with Gasteiger partial charge in [-0.3, -0.25) is 4.79 Å². The molecule has 2 aromatic heterocycles. The van der Waals surface area contributed by atoms with Gasteiger partial charge in [0.05, 0.1) is 28.3 Å². The van der Waals surface area contributed by atoms with Crippen LogP contribution >= 0.6 is 11.6 Å². The molecule has 0 saturated heterocycles. The van der Waals surface area contributed by atoms with Crippen LogP contribution in [0.25, 0.3) is 5.52 Å². The third-order valence-corrected chi connectivity index (χ3v) is 6.16. The lowest BCUT2D eigenvalue weighted by Crippen LogP contribution is -2.46. The number of amides is 1. The minimum atomic E-state index is -0.814. The number of carbonyl (C=O) groups is 1. The van der Waals surface area contributed by atoms with Crippen LogP contribution in [0, 0.1) is 5.92 Å². The molecule has 154 valence electrons. The number of ether oxygens (including phenoxy) is 1. The van der Waals surface area contributed by atoms with Crippen molar-refractivity contribution in [1.29, 1.82) is 0 Å². The molecule has 2 heterocycles. The standard InChI is InChI=1S/C22H31ClN2O3/c1-3-16-7-5-10-22(27,14-16)15-24-21(26)18-13-17(9-12-28-4-2)25-11-6-8-19(23)20(18)25/h6,8,11,13,16,27H,3-5,7,9-10,12,14-15H2,1-2H3,(H,24,26)/t16-,22-/m0/s1. The predicted molar refractivity (Wildman–Crippen MR) is 112 cm³/mol. The zero-order valence-corrected chi connectivity index (χ0v) is 17.6. The minimum absolute atomic E-state index is 0.194. The Morgan fingerprint density at radius 1 is 1.46 bits per heavy atom.